The summed E-state index contributed by atoms with van der Waals surface area (Å²) in [7, 11) is 0. The lowest BCUT2D eigenvalue weighted by Gasteiger charge is -2.11. The Morgan fingerprint density at radius 1 is 1.17 bits per heavy atom. The van der Waals surface area contributed by atoms with Gasteiger partial charge in [0.25, 0.3) is 5.56 Å². The third-order valence-electron chi connectivity index (χ3n) is 2.78. The summed E-state index contributed by atoms with van der Waals surface area (Å²) >= 11 is 0. The minimum Gasteiger partial charge on any atom is -0.391 e. The molecule has 0 amide bonds. The first kappa shape index (κ1) is 12.5. The van der Waals surface area contributed by atoms with Crippen LogP contribution in [0.1, 0.15) is 12.0 Å². The van der Waals surface area contributed by atoms with Gasteiger partial charge in [-0.25, -0.2) is 4.68 Å². The van der Waals surface area contributed by atoms with E-state index in [-0.39, 0.29) is 12.1 Å². The maximum absolute atomic E-state index is 11.4. The van der Waals surface area contributed by atoms with Crippen molar-refractivity contribution >= 4 is 0 Å². The van der Waals surface area contributed by atoms with Gasteiger partial charge < -0.3 is 5.11 Å². The van der Waals surface area contributed by atoms with Crippen molar-refractivity contribution < 1.29 is 5.11 Å². The van der Waals surface area contributed by atoms with Crippen LogP contribution in [0, 0.1) is 0 Å². The fourth-order valence-electron chi connectivity index (χ4n) is 1.79. The summed E-state index contributed by atoms with van der Waals surface area (Å²) < 4.78 is 1.29. The molecule has 0 fully saturated rings. The number of benzene rings is 1. The topological polar surface area (TPSA) is 55.1 Å². The van der Waals surface area contributed by atoms with Gasteiger partial charge in [0.05, 0.1) is 12.6 Å². The molecule has 0 saturated carbocycles. The van der Waals surface area contributed by atoms with Crippen molar-refractivity contribution in [1.29, 1.82) is 0 Å². The van der Waals surface area contributed by atoms with Crippen LogP contribution in [0.5, 0.6) is 0 Å². The number of nitrogens with zero attached hydrogens (tertiary/aromatic N) is 2. The van der Waals surface area contributed by atoms with Gasteiger partial charge >= 0.3 is 0 Å². The van der Waals surface area contributed by atoms with Crippen molar-refractivity contribution in [2.45, 2.75) is 25.5 Å². The second-order valence-corrected chi connectivity index (χ2v) is 4.22. The van der Waals surface area contributed by atoms with E-state index in [1.165, 1.54) is 16.3 Å². The van der Waals surface area contributed by atoms with Crippen LogP contribution in [-0.2, 0) is 13.0 Å². The van der Waals surface area contributed by atoms with Crippen molar-refractivity contribution in [3.63, 3.8) is 0 Å². The first-order valence-corrected chi connectivity index (χ1v) is 6.00. The Morgan fingerprint density at radius 3 is 2.67 bits per heavy atom. The summed E-state index contributed by atoms with van der Waals surface area (Å²) in [4.78, 5) is 11.4. The Kier molecular flexibility index (Phi) is 4.25. The first-order chi connectivity index (χ1) is 8.75. The molecule has 0 unspecified atom stereocenters. The smallest absolute Gasteiger partial charge is 0.266 e. The number of hydrogen-bond acceptors (Lipinski definition) is 3. The van der Waals surface area contributed by atoms with Crippen LogP contribution in [0.25, 0.3) is 0 Å². The number of aromatic nitrogens is 2. The lowest BCUT2D eigenvalue weighted by Crippen LogP contribution is -2.28. The Balaban J connectivity index is 1.88. The first-order valence-electron chi connectivity index (χ1n) is 6.00. The van der Waals surface area contributed by atoms with Crippen LogP contribution in [0.3, 0.4) is 0 Å². The van der Waals surface area contributed by atoms with Crippen LogP contribution in [0.15, 0.2) is 53.5 Å². The van der Waals surface area contributed by atoms with Gasteiger partial charge in [-0.3, -0.25) is 4.79 Å². The molecule has 1 aromatic carbocycles. The Bertz CT molecular complexity index is 537. The van der Waals surface area contributed by atoms with Crippen LogP contribution in [0.2, 0.25) is 0 Å². The summed E-state index contributed by atoms with van der Waals surface area (Å²) in [6, 6.07) is 13.0. The normalized spacial score (nSPS) is 12.3. The molecule has 0 saturated heterocycles. The molecule has 1 N–H and O–H groups in total. The van der Waals surface area contributed by atoms with E-state index in [1.54, 1.807) is 12.3 Å². The SMILES string of the molecule is O=c1cccnn1C[C@@H](O)CCc1ccccc1. The molecule has 0 spiro atoms. The number of aryl methyl sites for hydroxylation is 1. The monoisotopic (exact) mass is 244 g/mol. The van der Waals surface area contributed by atoms with Crippen LogP contribution < -0.4 is 5.56 Å². The summed E-state index contributed by atoms with van der Waals surface area (Å²) in [5.74, 6) is 0. The largest absolute Gasteiger partial charge is 0.391 e. The molecular formula is C14H16N2O2. The summed E-state index contributed by atoms with van der Waals surface area (Å²) in [5, 5.41) is 13.8. The minimum absolute atomic E-state index is 0.184. The van der Waals surface area contributed by atoms with Crippen molar-refractivity contribution in [1.82, 2.24) is 9.78 Å². The second kappa shape index (κ2) is 6.12. The predicted octanol–water partition coefficient (Wildman–Crippen LogP) is 1.24. The van der Waals surface area contributed by atoms with Crippen LogP contribution in [0.4, 0.5) is 0 Å². The maximum Gasteiger partial charge on any atom is 0.266 e. The van der Waals surface area contributed by atoms with Gasteiger partial charge in [0, 0.05) is 12.3 Å². The molecule has 2 aromatic rings. The van der Waals surface area contributed by atoms with E-state index in [1.807, 2.05) is 30.3 Å². The molecule has 94 valence electrons. The molecule has 0 aliphatic rings. The highest BCUT2D eigenvalue weighted by Gasteiger charge is 2.07. The zero-order valence-electron chi connectivity index (χ0n) is 10.1. The molecule has 4 nitrogen and oxygen atoms in total. The number of aliphatic hydroxyl groups excluding tert-OH is 1. The second-order valence-electron chi connectivity index (χ2n) is 4.22. The third kappa shape index (κ3) is 3.53. The molecule has 18 heavy (non-hydrogen) atoms. The lowest BCUT2D eigenvalue weighted by molar-refractivity contribution is 0.138. The van der Waals surface area contributed by atoms with Gasteiger partial charge in [-0.2, -0.15) is 5.10 Å². The molecule has 0 bridgehead atoms. The van der Waals surface area contributed by atoms with Crippen molar-refractivity contribution in [2.24, 2.45) is 0 Å². The fourth-order valence-corrected chi connectivity index (χ4v) is 1.79. The van der Waals surface area contributed by atoms with E-state index >= 15 is 0 Å². The van der Waals surface area contributed by atoms with Gasteiger partial charge in [0.2, 0.25) is 0 Å². The van der Waals surface area contributed by atoms with Crippen LogP contribution >= 0.6 is 0 Å². The van der Waals surface area contributed by atoms with Gasteiger partial charge in [-0.15, -0.1) is 0 Å². The standard InChI is InChI=1S/C14H16N2O2/c17-13(9-8-12-5-2-1-3-6-12)11-16-14(18)7-4-10-15-16/h1-7,10,13,17H,8-9,11H2/t13-/m0/s1. The number of hydrogen-bond donors (Lipinski definition) is 1. The third-order valence-corrected chi connectivity index (χ3v) is 2.78. The fraction of sp³-hybridized carbons (Fsp3) is 0.286. The zero-order chi connectivity index (χ0) is 12.8. The molecule has 0 aliphatic heterocycles. The van der Waals surface area contributed by atoms with E-state index in [0.717, 1.165) is 6.42 Å². The number of aliphatic hydroxyl groups is 1. The molecule has 2 rings (SSSR count). The van der Waals surface area contributed by atoms with Gasteiger partial charge in [-0.05, 0) is 24.5 Å². The Morgan fingerprint density at radius 2 is 1.94 bits per heavy atom. The molecule has 0 radical (unpaired) electrons. The molecule has 4 heteroatoms. The molecule has 0 aliphatic carbocycles. The summed E-state index contributed by atoms with van der Waals surface area (Å²) in [6.45, 7) is 0.243. The highest BCUT2D eigenvalue weighted by molar-refractivity contribution is 5.14. The highest BCUT2D eigenvalue weighted by Crippen LogP contribution is 2.05. The van der Waals surface area contributed by atoms with E-state index in [0.29, 0.717) is 6.42 Å². The predicted molar refractivity (Wildman–Crippen MR) is 69.3 cm³/mol. The van der Waals surface area contributed by atoms with Crippen molar-refractivity contribution in [3.8, 4) is 0 Å². The van der Waals surface area contributed by atoms with E-state index in [9.17, 15) is 9.90 Å². The molecule has 1 aromatic heterocycles. The highest BCUT2D eigenvalue weighted by atomic mass is 16.3. The van der Waals surface area contributed by atoms with E-state index in [4.69, 9.17) is 0 Å². The average molecular weight is 244 g/mol. The van der Waals surface area contributed by atoms with E-state index in [2.05, 4.69) is 5.10 Å². The molecular weight excluding hydrogens is 228 g/mol. The quantitative estimate of drug-likeness (QED) is 0.861. The van der Waals surface area contributed by atoms with Crippen molar-refractivity contribution in [2.75, 3.05) is 0 Å². The summed E-state index contributed by atoms with van der Waals surface area (Å²) in [5.41, 5.74) is 1.00. The minimum atomic E-state index is -0.558. The van der Waals surface area contributed by atoms with E-state index < -0.39 is 6.10 Å². The van der Waals surface area contributed by atoms with Gasteiger partial charge in [0.15, 0.2) is 0 Å². The molecule has 1 heterocycles. The molecule has 1 atom stereocenters. The van der Waals surface area contributed by atoms with Crippen molar-refractivity contribution in [3.05, 3.63) is 64.6 Å². The summed E-state index contributed by atoms with van der Waals surface area (Å²) in [6.07, 6.45) is 2.40. The van der Waals surface area contributed by atoms with Gasteiger partial charge in [0.1, 0.15) is 0 Å². The average Bonchev–Trinajstić information content (AvgIpc) is 2.40. The Labute approximate surface area is 106 Å². The Hall–Kier alpha value is -1.94. The van der Waals surface area contributed by atoms with Gasteiger partial charge in [-0.1, -0.05) is 30.3 Å². The maximum atomic E-state index is 11.4. The zero-order valence-corrected chi connectivity index (χ0v) is 10.1. The lowest BCUT2D eigenvalue weighted by atomic mass is 10.1. The number of rotatable bonds is 5. The van der Waals surface area contributed by atoms with Crippen LogP contribution in [-0.4, -0.2) is 21.0 Å².